The summed E-state index contributed by atoms with van der Waals surface area (Å²) in [6.07, 6.45) is 3.06. The molecule has 1 heterocycles. The molecule has 0 aliphatic heterocycles. The lowest BCUT2D eigenvalue weighted by atomic mass is 10.4. The van der Waals surface area contributed by atoms with Gasteiger partial charge in [-0.05, 0) is 13.8 Å². The van der Waals surface area contributed by atoms with Crippen molar-refractivity contribution in [3.8, 4) is 0 Å². The first-order valence-electron chi connectivity index (χ1n) is 5.26. The van der Waals surface area contributed by atoms with Gasteiger partial charge >= 0.3 is 0 Å². The number of anilines is 2. The van der Waals surface area contributed by atoms with Crippen LogP contribution in [0.25, 0.3) is 0 Å². The molecule has 6 nitrogen and oxygen atoms in total. The SMILES string of the molecule is CCNC(=O)CN(CC)c1ncc(N)cn1. The second kappa shape index (κ2) is 5.89. The zero-order valence-corrected chi connectivity index (χ0v) is 9.60. The van der Waals surface area contributed by atoms with Crippen molar-refractivity contribution in [1.29, 1.82) is 0 Å². The Morgan fingerprint density at radius 3 is 2.56 bits per heavy atom. The third-order valence-corrected chi connectivity index (χ3v) is 2.03. The molecule has 0 saturated carbocycles. The van der Waals surface area contributed by atoms with Crippen LogP contribution in [0.1, 0.15) is 13.8 Å². The molecule has 0 aromatic carbocycles. The van der Waals surface area contributed by atoms with Crippen LogP contribution in [0.5, 0.6) is 0 Å². The summed E-state index contributed by atoms with van der Waals surface area (Å²) in [6, 6.07) is 0. The minimum Gasteiger partial charge on any atom is -0.396 e. The predicted molar refractivity (Wildman–Crippen MR) is 63.0 cm³/mol. The molecule has 0 bridgehead atoms. The summed E-state index contributed by atoms with van der Waals surface area (Å²) in [5.74, 6) is 0.479. The Hall–Kier alpha value is -1.85. The summed E-state index contributed by atoms with van der Waals surface area (Å²) < 4.78 is 0. The second-order valence-electron chi connectivity index (χ2n) is 3.28. The van der Waals surface area contributed by atoms with Crippen molar-refractivity contribution < 1.29 is 4.79 Å². The number of carbonyl (C=O) groups excluding carboxylic acids is 1. The van der Waals surface area contributed by atoms with Crippen molar-refractivity contribution in [2.24, 2.45) is 0 Å². The summed E-state index contributed by atoms with van der Waals surface area (Å²) in [5.41, 5.74) is 6.01. The van der Waals surface area contributed by atoms with Crippen LogP contribution >= 0.6 is 0 Å². The maximum absolute atomic E-state index is 11.4. The van der Waals surface area contributed by atoms with Crippen LogP contribution in [0, 0.1) is 0 Å². The molecule has 1 amide bonds. The van der Waals surface area contributed by atoms with Gasteiger partial charge in [-0.2, -0.15) is 0 Å². The van der Waals surface area contributed by atoms with Gasteiger partial charge in [-0.25, -0.2) is 9.97 Å². The Morgan fingerprint density at radius 2 is 2.06 bits per heavy atom. The molecule has 0 aliphatic rings. The highest BCUT2D eigenvalue weighted by atomic mass is 16.2. The van der Waals surface area contributed by atoms with E-state index in [-0.39, 0.29) is 12.5 Å². The third-order valence-electron chi connectivity index (χ3n) is 2.03. The van der Waals surface area contributed by atoms with Gasteiger partial charge in [0.2, 0.25) is 11.9 Å². The number of nitrogens with zero attached hydrogens (tertiary/aromatic N) is 3. The van der Waals surface area contributed by atoms with Crippen molar-refractivity contribution in [2.45, 2.75) is 13.8 Å². The molecule has 6 heteroatoms. The van der Waals surface area contributed by atoms with Gasteiger partial charge in [-0.3, -0.25) is 4.79 Å². The van der Waals surface area contributed by atoms with Gasteiger partial charge in [-0.1, -0.05) is 0 Å². The van der Waals surface area contributed by atoms with Crippen molar-refractivity contribution in [1.82, 2.24) is 15.3 Å². The number of hydrogen-bond acceptors (Lipinski definition) is 5. The van der Waals surface area contributed by atoms with E-state index >= 15 is 0 Å². The number of nitrogens with one attached hydrogen (secondary N) is 1. The van der Waals surface area contributed by atoms with Crippen LogP contribution in [-0.2, 0) is 4.79 Å². The van der Waals surface area contributed by atoms with E-state index in [1.54, 1.807) is 4.90 Å². The molecule has 16 heavy (non-hydrogen) atoms. The lowest BCUT2D eigenvalue weighted by molar-refractivity contribution is -0.119. The largest absolute Gasteiger partial charge is 0.396 e. The number of amides is 1. The number of aromatic nitrogens is 2. The molecule has 0 aliphatic carbocycles. The summed E-state index contributed by atoms with van der Waals surface area (Å²) in [5, 5.41) is 2.73. The zero-order valence-electron chi connectivity index (χ0n) is 9.60. The lowest BCUT2D eigenvalue weighted by Gasteiger charge is -2.19. The molecule has 0 atom stereocenters. The van der Waals surface area contributed by atoms with Crippen LogP contribution in [0.3, 0.4) is 0 Å². The van der Waals surface area contributed by atoms with E-state index in [1.807, 2.05) is 13.8 Å². The Morgan fingerprint density at radius 1 is 1.44 bits per heavy atom. The van der Waals surface area contributed by atoms with E-state index in [9.17, 15) is 4.79 Å². The highest BCUT2D eigenvalue weighted by molar-refractivity contribution is 5.80. The molecule has 88 valence electrons. The van der Waals surface area contributed by atoms with Crippen LogP contribution < -0.4 is 16.0 Å². The van der Waals surface area contributed by atoms with Crippen molar-refractivity contribution in [3.63, 3.8) is 0 Å². The van der Waals surface area contributed by atoms with Gasteiger partial charge in [0.1, 0.15) is 0 Å². The number of nitrogen functional groups attached to an aromatic ring is 1. The normalized spacial score (nSPS) is 9.88. The minimum absolute atomic E-state index is 0.0372. The molecule has 0 fully saturated rings. The lowest BCUT2D eigenvalue weighted by Crippen LogP contribution is -2.37. The van der Waals surface area contributed by atoms with Gasteiger partial charge in [0.05, 0.1) is 24.6 Å². The van der Waals surface area contributed by atoms with Crippen LogP contribution in [0.2, 0.25) is 0 Å². The Labute approximate surface area is 94.9 Å². The van der Waals surface area contributed by atoms with E-state index in [0.717, 1.165) is 0 Å². The van der Waals surface area contributed by atoms with Crippen molar-refractivity contribution in [3.05, 3.63) is 12.4 Å². The molecule has 3 N–H and O–H groups in total. The number of likely N-dealkylation sites (N-methyl/N-ethyl adjacent to an activating group) is 2. The molecular formula is C10H17N5O. The number of rotatable bonds is 5. The Bertz CT molecular complexity index is 338. The maximum atomic E-state index is 11.4. The molecule has 1 aromatic heterocycles. The molecule has 1 aromatic rings. The van der Waals surface area contributed by atoms with Crippen molar-refractivity contribution in [2.75, 3.05) is 30.3 Å². The molecular weight excluding hydrogens is 206 g/mol. The average molecular weight is 223 g/mol. The van der Waals surface area contributed by atoms with E-state index in [0.29, 0.717) is 24.7 Å². The van der Waals surface area contributed by atoms with Gasteiger partial charge in [0.25, 0.3) is 0 Å². The molecule has 1 rings (SSSR count). The highest BCUT2D eigenvalue weighted by Crippen LogP contribution is 2.06. The first-order valence-corrected chi connectivity index (χ1v) is 5.26. The number of carbonyl (C=O) groups is 1. The highest BCUT2D eigenvalue weighted by Gasteiger charge is 2.11. The van der Waals surface area contributed by atoms with E-state index in [2.05, 4.69) is 15.3 Å². The number of nitrogens with two attached hydrogens (primary N) is 1. The fourth-order valence-corrected chi connectivity index (χ4v) is 1.24. The topological polar surface area (TPSA) is 84.1 Å². The monoisotopic (exact) mass is 223 g/mol. The zero-order chi connectivity index (χ0) is 12.0. The third kappa shape index (κ3) is 3.38. The number of hydrogen-bond donors (Lipinski definition) is 2. The Kier molecular flexibility index (Phi) is 4.50. The van der Waals surface area contributed by atoms with Crippen LogP contribution in [0.15, 0.2) is 12.4 Å². The van der Waals surface area contributed by atoms with E-state index in [4.69, 9.17) is 5.73 Å². The van der Waals surface area contributed by atoms with Gasteiger partial charge in [0, 0.05) is 13.1 Å². The quantitative estimate of drug-likeness (QED) is 0.735. The van der Waals surface area contributed by atoms with E-state index in [1.165, 1.54) is 12.4 Å². The fraction of sp³-hybridized carbons (Fsp3) is 0.500. The summed E-state index contributed by atoms with van der Waals surface area (Å²) >= 11 is 0. The predicted octanol–water partition coefficient (Wildman–Crippen LogP) is 0.0212. The van der Waals surface area contributed by atoms with Gasteiger partial charge in [-0.15, -0.1) is 0 Å². The van der Waals surface area contributed by atoms with Gasteiger partial charge in [0.15, 0.2) is 0 Å². The maximum Gasteiger partial charge on any atom is 0.239 e. The minimum atomic E-state index is -0.0372. The van der Waals surface area contributed by atoms with Gasteiger partial charge < -0.3 is 16.0 Å². The fourth-order valence-electron chi connectivity index (χ4n) is 1.24. The van der Waals surface area contributed by atoms with Crippen LogP contribution in [0.4, 0.5) is 11.6 Å². The summed E-state index contributed by atoms with van der Waals surface area (Å²) in [7, 11) is 0. The van der Waals surface area contributed by atoms with Crippen LogP contribution in [-0.4, -0.2) is 35.5 Å². The average Bonchev–Trinajstić information content (AvgIpc) is 2.27. The molecule has 0 unspecified atom stereocenters. The summed E-state index contributed by atoms with van der Waals surface area (Å²) in [4.78, 5) is 21.3. The van der Waals surface area contributed by atoms with Crippen molar-refractivity contribution >= 4 is 17.5 Å². The first-order chi connectivity index (χ1) is 7.67. The molecule has 0 spiro atoms. The smallest absolute Gasteiger partial charge is 0.239 e. The summed E-state index contributed by atoms with van der Waals surface area (Å²) in [6.45, 7) is 5.38. The Balaban J connectivity index is 2.67. The second-order valence-corrected chi connectivity index (χ2v) is 3.28. The molecule has 0 saturated heterocycles. The molecule has 0 radical (unpaired) electrons. The van der Waals surface area contributed by atoms with E-state index < -0.39 is 0 Å². The standard InChI is InChI=1S/C10H17N5O/c1-3-12-9(16)7-15(4-2)10-13-5-8(11)6-14-10/h5-6H,3-4,7,11H2,1-2H3,(H,12,16). The first kappa shape index (κ1) is 12.2.